The van der Waals surface area contributed by atoms with Crippen molar-refractivity contribution in [1.82, 2.24) is 16.0 Å². The number of primary amides is 1. The maximum Gasteiger partial charge on any atom is 0.326 e. The number of nitrogens with two attached hydrogens (primary N) is 2. The van der Waals surface area contributed by atoms with Gasteiger partial charge in [0.25, 0.3) is 0 Å². The van der Waals surface area contributed by atoms with E-state index in [2.05, 4.69) is 28.6 Å². The van der Waals surface area contributed by atoms with E-state index in [1.54, 1.807) is 6.26 Å². The van der Waals surface area contributed by atoms with Crippen LogP contribution in [0.2, 0.25) is 0 Å². The number of hydrogen-bond donors (Lipinski definition) is 7. The van der Waals surface area contributed by atoms with E-state index in [0.717, 1.165) is 0 Å². The molecule has 0 aliphatic heterocycles. The summed E-state index contributed by atoms with van der Waals surface area (Å²) < 4.78 is 0. The number of carboxylic acids is 1. The number of carboxylic acid groups (broad SMARTS) is 1. The first-order valence-corrected chi connectivity index (χ1v) is 10.4. The smallest absolute Gasteiger partial charge is 0.326 e. The fourth-order valence-corrected chi connectivity index (χ4v) is 2.77. The molecule has 0 aromatic heterocycles. The number of carbonyl (C=O) groups is 5. The molecule has 3 atom stereocenters. The highest BCUT2D eigenvalue weighted by Gasteiger charge is 2.29. The maximum absolute atomic E-state index is 12.5. The number of thiol groups is 1. The molecule has 0 spiro atoms. The molecule has 0 saturated carbocycles. The highest BCUT2D eigenvalue weighted by molar-refractivity contribution is 7.98. The van der Waals surface area contributed by atoms with Gasteiger partial charge in [-0.15, -0.1) is 0 Å². The van der Waals surface area contributed by atoms with E-state index in [1.807, 2.05) is 0 Å². The number of carbonyl (C=O) groups excluding carboxylic acids is 4. The molecule has 0 aromatic carbocycles. The number of aliphatic carboxylic acids is 1. The van der Waals surface area contributed by atoms with E-state index >= 15 is 0 Å². The first-order valence-electron chi connectivity index (χ1n) is 8.37. The molecular weight excluding hydrogens is 410 g/mol. The van der Waals surface area contributed by atoms with Gasteiger partial charge in [-0.2, -0.15) is 24.4 Å². The van der Waals surface area contributed by atoms with E-state index in [1.165, 1.54) is 11.8 Å². The largest absolute Gasteiger partial charge is 0.480 e. The van der Waals surface area contributed by atoms with Crippen molar-refractivity contribution in [2.45, 2.75) is 37.4 Å². The van der Waals surface area contributed by atoms with Gasteiger partial charge in [0.1, 0.15) is 18.1 Å². The molecule has 0 bridgehead atoms. The molecule has 3 unspecified atom stereocenters. The zero-order valence-corrected chi connectivity index (χ0v) is 17.2. The maximum atomic E-state index is 12.5. The molecule has 0 saturated heterocycles. The number of nitrogens with one attached hydrogen (secondary N) is 3. The Morgan fingerprint density at radius 3 is 2.04 bits per heavy atom. The van der Waals surface area contributed by atoms with Crippen LogP contribution in [-0.4, -0.2) is 77.1 Å². The Labute approximate surface area is 172 Å². The summed E-state index contributed by atoms with van der Waals surface area (Å²) in [4.78, 5) is 58.6. The van der Waals surface area contributed by atoms with E-state index in [4.69, 9.17) is 11.5 Å². The van der Waals surface area contributed by atoms with Crippen molar-refractivity contribution < 1.29 is 29.1 Å². The quantitative estimate of drug-likeness (QED) is 0.144. The summed E-state index contributed by atoms with van der Waals surface area (Å²) in [6.45, 7) is -0.334. The molecule has 0 aliphatic rings. The minimum absolute atomic E-state index is 0.0623. The molecule has 8 N–H and O–H groups in total. The highest BCUT2D eigenvalue weighted by Crippen LogP contribution is 2.04. The van der Waals surface area contributed by atoms with Crippen molar-refractivity contribution in [3.63, 3.8) is 0 Å². The molecule has 0 fully saturated rings. The molecule has 28 heavy (non-hydrogen) atoms. The second kappa shape index (κ2) is 14.1. The van der Waals surface area contributed by atoms with Crippen LogP contribution < -0.4 is 27.4 Å². The summed E-state index contributed by atoms with van der Waals surface area (Å²) in [7, 11) is 0. The summed E-state index contributed by atoms with van der Waals surface area (Å²) in [5, 5.41) is 16.3. The Hall–Kier alpha value is -1.99. The fraction of sp³-hybridized carbons (Fsp3) is 0.667. The monoisotopic (exact) mass is 437 g/mol. The Bertz CT molecular complexity index is 577. The molecule has 4 amide bonds. The summed E-state index contributed by atoms with van der Waals surface area (Å²) >= 11 is 5.40. The Morgan fingerprint density at radius 2 is 1.57 bits per heavy atom. The fourth-order valence-electron chi connectivity index (χ4n) is 2.04. The normalized spacial score (nSPS) is 13.7. The Balaban J connectivity index is 5.19. The predicted molar refractivity (Wildman–Crippen MR) is 108 cm³/mol. The van der Waals surface area contributed by atoms with Crippen molar-refractivity contribution in [3.05, 3.63) is 0 Å². The number of rotatable bonds is 14. The lowest BCUT2D eigenvalue weighted by Gasteiger charge is -2.23. The Kier molecular flexibility index (Phi) is 13.1. The van der Waals surface area contributed by atoms with Crippen molar-refractivity contribution in [2.24, 2.45) is 11.5 Å². The molecule has 0 heterocycles. The van der Waals surface area contributed by atoms with Crippen LogP contribution in [0, 0.1) is 0 Å². The van der Waals surface area contributed by atoms with Crippen LogP contribution >= 0.6 is 24.4 Å². The number of amides is 4. The number of thioether (sulfide) groups is 1. The molecule has 0 radical (unpaired) electrons. The molecule has 160 valence electrons. The highest BCUT2D eigenvalue weighted by atomic mass is 32.2. The van der Waals surface area contributed by atoms with Gasteiger partial charge in [-0.05, 0) is 24.9 Å². The summed E-state index contributed by atoms with van der Waals surface area (Å²) in [6.07, 6.45) is 1.64. The molecule has 0 aliphatic carbocycles. The van der Waals surface area contributed by atoms with Crippen LogP contribution in [0.3, 0.4) is 0 Å². The standard InChI is InChI=1S/C15H27N5O6S2/c1-28-5-4-9(15(25)26)20-13(23)8(2-3-11(17)21)19-14(24)10(7-27)18-12(22)6-16/h8-10,27H,2-7,16H2,1H3,(H2,17,21)(H,18,22)(H,19,24)(H,20,23)(H,25,26). The average Bonchev–Trinajstić information content (AvgIpc) is 2.65. The van der Waals surface area contributed by atoms with Gasteiger partial charge in [-0.3, -0.25) is 19.2 Å². The van der Waals surface area contributed by atoms with Crippen LogP contribution in [0.1, 0.15) is 19.3 Å². The third-order valence-electron chi connectivity index (χ3n) is 3.56. The van der Waals surface area contributed by atoms with Gasteiger partial charge in [-0.25, -0.2) is 4.79 Å². The van der Waals surface area contributed by atoms with Crippen molar-refractivity contribution in [2.75, 3.05) is 24.3 Å². The first-order chi connectivity index (χ1) is 13.2. The van der Waals surface area contributed by atoms with Crippen LogP contribution in [0.15, 0.2) is 0 Å². The third-order valence-corrected chi connectivity index (χ3v) is 4.57. The summed E-state index contributed by atoms with van der Waals surface area (Å²) in [5.41, 5.74) is 10.3. The van der Waals surface area contributed by atoms with E-state index < -0.39 is 47.7 Å². The SMILES string of the molecule is CSCCC(NC(=O)C(CCC(N)=O)NC(=O)C(CS)NC(=O)CN)C(=O)O. The topological polar surface area (TPSA) is 194 Å². The molecule has 0 aromatic rings. The second-order valence-corrected chi connectivity index (χ2v) is 7.10. The summed E-state index contributed by atoms with van der Waals surface area (Å²) in [5.74, 6) is -3.55. The van der Waals surface area contributed by atoms with Crippen molar-refractivity contribution >= 4 is 54.0 Å². The lowest BCUT2D eigenvalue weighted by molar-refractivity contribution is -0.142. The van der Waals surface area contributed by atoms with Gasteiger partial charge >= 0.3 is 5.97 Å². The second-order valence-electron chi connectivity index (χ2n) is 5.75. The molecular formula is C15H27N5O6S2. The summed E-state index contributed by atoms with van der Waals surface area (Å²) in [6, 6.07) is -3.42. The number of hydrogen-bond acceptors (Lipinski definition) is 8. The first kappa shape index (κ1) is 26.0. The van der Waals surface area contributed by atoms with Gasteiger partial charge < -0.3 is 32.5 Å². The van der Waals surface area contributed by atoms with Gasteiger partial charge in [0.05, 0.1) is 6.54 Å². The van der Waals surface area contributed by atoms with Crippen LogP contribution in [0.4, 0.5) is 0 Å². The van der Waals surface area contributed by atoms with Gasteiger partial charge in [0.2, 0.25) is 23.6 Å². The van der Waals surface area contributed by atoms with Crippen LogP contribution in [0.5, 0.6) is 0 Å². The van der Waals surface area contributed by atoms with Crippen LogP contribution in [-0.2, 0) is 24.0 Å². The average molecular weight is 438 g/mol. The van der Waals surface area contributed by atoms with E-state index in [9.17, 15) is 29.1 Å². The predicted octanol–water partition coefficient (Wildman–Crippen LogP) is -2.57. The molecule has 13 heteroatoms. The minimum atomic E-state index is -1.22. The lowest BCUT2D eigenvalue weighted by Crippen LogP contribution is -2.56. The van der Waals surface area contributed by atoms with Crippen LogP contribution in [0.25, 0.3) is 0 Å². The Morgan fingerprint density at radius 1 is 1.00 bits per heavy atom. The van der Waals surface area contributed by atoms with E-state index in [0.29, 0.717) is 5.75 Å². The van der Waals surface area contributed by atoms with Gasteiger partial charge in [0.15, 0.2) is 0 Å². The zero-order chi connectivity index (χ0) is 21.7. The lowest BCUT2D eigenvalue weighted by atomic mass is 10.1. The minimum Gasteiger partial charge on any atom is -0.480 e. The molecule has 0 rings (SSSR count). The van der Waals surface area contributed by atoms with E-state index in [-0.39, 0.29) is 31.6 Å². The van der Waals surface area contributed by atoms with Gasteiger partial charge in [-0.1, -0.05) is 0 Å². The van der Waals surface area contributed by atoms with Crippen molar-refractivity contribution in [1.29, 1.82) is 0 Å². The van der Waals surface area contributed by atoms with Crippen molar-refractivity contribution in [3.8, 4) is 0 Å². The van der Waals surface area contributed by atoms with Gasteiger partial charge in [0, 0.05) is 12.2 Å². The molecule has 11 nitrogen and oxygen atoms in total. The third kappa shape index (κ3) is 10.4. The zero-order valence-electron chi connectivity index (χ0n) is 15.5.